The van der Waals surface area contributed by atoms with Crippen molar-refractivity contribution in [2.24, 2.45) is 5.16 Å². The van der Waals surface area contributed by atoms with Gasteiger partial charge >= 0.3 is 11.9 Å². The van der Waals surface area contributed by atoms with E-state index in [0.717, 1.165) is 11.3 Å². The smallest absolute Gasteiger partial charge is 0.357 e. The first kappa shape index (κ1) is 22.6. The molecule has 3 heterocycles. The molecule has 2 aliphatic rings. The van der Waals surface area contributed by atoms with Gasteiger partial charge in [0.1, 0.15) is 29.9 Å². The van der Waals surface area contributed by atoms with E-state index in [4.69, 9.17) is 20.0 Å². The number of thioether (sulfide) groups is 1. The zero-order chi connectivity index (χ0) is 22.7. The number of β-lactam (4-membered cyclic amide) rings is 1. The summed E-state index contributed by atoms with van der Waals surface area (Å²) >= 11 is 2.48. The molecule has 1 fully saturated rings. The summed E-state index contributed by atoms with van der Waals surface area (Å²) in [5, 5.41) is 7.55. The third-order valence-corrected chi connectivity index (χ3v) is 5.97. The molecule has 14 heteroatoms. The summed E-state index contributed by atoms with van der Waals surface area (Å²) < 4.78 is 9.82. The summed E-state index contributed by atoms with van der Waals surface area (Å²) in [6.07, 6.45) is 0.430. The molecule has 2 amide bonds. The van der Waals surface area contributed by atoms with E-state index in [0.29, 0.717) is 5.75 Å². The van der Waals surface area contributed by atoms with Crippen LogP contribution in [-0.4, -0.2) is 69.9 Å². The first-order valence-electron chi connectivity index (χ1n) is 8.89. The number of rotatable bonds is 7. The molecule has 0 bridgehead atoms. The number of aromatic nitrogens is 1. The molecule has 12 nitrogen and oxygen atoms in total. The second-order valence-electron chi connectivity index (χ2n) is 6.25. The molecule has 2 unspecified atom stereocenters. The molecule has 3 rings (SSSR count). The Morgan fingerprint density at radius 1 is 1.39 bits per heavy atom. The van der Waals surface area contributed by atoms with E-state index < -0.39 is 41.5 Å². The van der Waals surface area contributed by atoms with Crippen molar-refractivity contribution in [1.29, 1.82) is 0 Å². The average Bonchev–Trinajstić information content (AvgIpc) is 3.14. The molecule has 31 heavy (non-hydrogen) atoms. The Hall–Kier alpha value is -3.13. The summed E-state index contributed by atoms with van der Waals surface area (Å²) in [4.78, 5) is 58.7. The summed E-state index contributed by atoms with van der Waals surface area (Å²) in [5.41, 5.74) is 5.71. The fourth-order valence-corrected chi connectivity index (χ4v) is 4.64. The lowest BCUT2D eigenvalue weighted by Crippen LogP contribution is -2.70. The third kappa shape index (κ3) is 4.80. The van der Waals surface area contributed by atoms with E-state index in [9.17, 15) is 19.2 Å². The molecule has 0 aliphatic carbocycles. The van der Waals surface area contributed by atoms with Crippen LogP contribution in [0.15, 0.2) is 22.3 Å². The first-order valence-corrected chi connectivity index (χ1v) is 10.8. The average molecular weight is 470 g/mol. The van der Waals surface area contributed by atoms with Gasteiger partial charge < -0.3 is 25.4 Å². The van der Waals surface area contributed by atoms with Gasteiger partial charge in [-0.3, -0.25) is 19.3 Å². The lowest BCUT2D eigenvalue weighted by atomic mass is 10.0. The number of carbonyl (C=O) groups excluding carboxylic acids is 4. The van der Waals surface area contributed by atoms with Gasteiger partial charge in [-0.05, 0) is 6.08 Å². The van der Waals surface area contributed by atoms with Gasteiger partial charge in [0.15, 0.2) is 10.8 Å². The van der Waals surface area contributed by atoms with Crippen molar-refractivity contribution in [3.63, 3.8) is 0 Å². The van der Waals surface area contributed by atoms with Crippen LogP contribution in [0.5, 0.6) is 0 Å². The number of fused-ring (bicyclic) bond motifs is 1. The highest BCUT2D eigenvalue weighted by Crippen LogP contribution is 2.38. The molecule has 0 radical (unpaired) electrons. The largest absolute Gasteiger partial charge is 0.426 e. The van der Waals surface area contributed by atoms with Crippen molar-refractivity contribution in [3.05, 3.63) is 22.8 Å². The Labute approximate surface area is 184 Å². The number of oxime groups is 1. The minimum absolute atomic E-state index is 0.0244. The molecule has 1 saturated heterocycles. The molecule has 0 aromatic carbocycles. The number of anilines is 1. The van der Waals surface area contributed by atoms with E-state index in [1.54, 1.807) is 0 Å². The molecule has 166 valence electrons. The van der Waals surface area contributed by atoms with Gasteiger partial charge in [0.2, 0.25) is 6.29 Å². The summed E-state index contributed by atoms with van der Waals surface area (Å²) in [6.45, 7) is 2.57. The number of hydrogen-bond donors (Lipinski definition) is 2. The highest BCUT2D eigenvalue weighted by Gasteiger charge is 2.53. The van der Waals surface area contributed by atoms with Gasteiger partial charge in [0.25, 0.3) is 11.8 Å². The number of nitrogens with two attached hydrogens (primary N) is 1. The standard InChI is InChI=1S/C17H19N5O7S2/c1-7(23)28-8(2)29-16(26)10-4-5-30-15-12(14(25)22(10)15)20-13(24)11(21-27-3)9-6-31-17(18)19-9/h4,6,8,12,15H,5H2,1-3H3,(H2,18,19)(H,20,24)/t8?,12?,15-/m1/s1. The lowest BCUT2D eigenvalue weighted by molar-refractivity contribution is -0.182. The summed E-state index contributed by atoms with van der Waals surface area (Å²) in [7, 11) is 1.27. The van der Waals surface area contributed by atoms with Crippen molar-refractivity contribution in [1.82, 2.24) is 15.2 Å². The molecule has 2 aliphatic heterocycles. The number of hydrogen-bond acceptors (Lipinski definition) is 12. The van der Waals surface area contributed by atoms with Crippen LogP contribution in [0.4, 0.5) is 5.13 Å². The molecule has 0 saturated carbocycles. The van der Waals surface area contributed by atoms with Gasteiger partial charge in [0.05, 0.1) is 0 Å². The zero-order valence-electron chi connectivity index (χ0n) is 16.7. The Kier molecular flexibility index (Phi) is 6.80. The molecular weight excluding hydrogens is 450 g/mol. The van der Waals surface area contributed by atoms with Crippen molar-refractivity contribution in [2.75, 3.05) is 18.6 Å². The van der Waals surface area contributed by atoms with Crippen molar-refractivity contribution in [2.45, 2.75) is 31.6 Å². The maximum Gasteiger partial charge on any atom is 0.357 e. The van der Waals surface area contributed by atoms with Crippen LogP contribution in [0, 0.1) is 0 Å². The fourth-order valence-electron chi connectivity index (χ4n) is 2.90. The van der Waals surface area contributed by atoms with Crippen LogP contribution in [-0.2, 0) is 33.5 Å². The van der Waals surface area contributed by atoms with Crippen molar-refractivity contribution < 1.29 is 33.5 Å². The van der Waals surface area contributed by atoms with Crippen LogP contribution in [0.2, 0.25) is 0 Å². The van der Waals surface area contributed by atoms with E-state index in [1.165, 1.54) is 49.1 Å². The van der Waals surface area contributed by atoms with Crippen LogP contribution in [0.25, 0.3) is 0 Å². The van der Waals surface area contributed by atoms with Crippen LogP contribution in [0.3, 0.4) is 0 Å². The van der Waals surface area contributed by atoms with Crippen LogP contribution < -0.4 is 11.1 Å². The number of ether oxygens (including phenoxy) is 2. The SMILES string of the molecule is CON=C(C(=O)NC1C(=O)N2C(C(=O)OC(C)OC(C)=O)=CCS[C@H]12)c1csc(N)n1. The summed E-state index contributed by atoms with van der Waals surface area (Å²) in [6, 6.07) is -0.891. The van der Waals surface area contributed by atoms with Crippen LogP contribution in [0.1, 0.15) is 19.5 Å². The van der Waals surface area contributed by atoms with E-state index in [1.807, 2.05) is 0 Å². The second-order valence-corrected chi connectivity index (χ2v) is 8.29. The molecule has 1 aromatic heterocycles. The van der Waals surface area contributed by atoms with E-state index in [-0.39, 0.29) is 22.2 Å². The Bertz CT molecular complexity index is 976. The van der Waals surface area contributed by atoms with Gasteiger partial charge in [0, 0.05) is 25.0 Å². The highest BCUT2D eigenvalue weighted by atomic mass is 32.2. The number of nitrogens with zero attached hydrogens (tertiary/aromatic N) is 3. The molecule has 1 aromatic rings. The van der Waals surface area contributed by atoms with Gasteiger partial charge in [-0.1, -0.05) is 5.16 Å². The predicted octanol–water partition coefficient (Wildman–Crippen LogP) is -0.188. The van der Waals surface area contributed by atoms with Crippen molar-refractivity contribution in [3.8, 4) is 0 Å². The Morgan fingerprint density at radius 3 is 2.74 bits per heavy atom. The summed E-state index contributed by atoms with van der Waals surface area (Å²) in [5.74, 6) is -2.17. The Balaban J connectivity index is 1.68. The number of nitrogens with one attached hydrogen (secondary N) is 1. The maximum atomic E-state index is 12.7. The third-order valence-electron chi connectivity index (χ3n) is 4.11. The molecule has 3 atom stereocenters. The number of thiazole rings is 1. The minimum Gasteiger partial charge on any atom is -0.426 e. The number of nitrogen functional groups attached to an aromatic ring is 1. The normalized spacial score (nSPS) is 21.3. The number of esters is 2. The van der Waals surface area contributed by atoms with E-state index in [2.05, 4.69) is 15.5 Å². The predicted molar refractivity (Wildman–Crippen MR) is 110 cm³/mol. The molecule has 3 N–H and O–H groups in total. The minimum atomic E-state index is -1.11. The van der Waals surface area contributed by atoms with Gasteiger partial charge in [-0.2, -0.15) is 0 Å². The second kappa shape index (κ2) is 9.34. The fraction of sp³-hybridized carbons (Fsp3) is 0.412. The zero-order valence-corrected chi connectivity index (χ0v) is 18.3. The quantitative estimate of drug-likeness (QED) is 0.180. The monoisotopic (exact) mass is 469 g/mol. The van der Waals surface area contributed by atoms with Gasteiger partial charge in [-0.25, -0.2) is 9.78 Å². The highest BCUT2D eigenvalue weighted by molar-refractivity contribution is 8.00. The van der Waals surface area contributed by atoms with E-state index >= 15 is 0 Å². The first-order chi connectivity index (χ1) is 14.7. The Morgan fingerprint density at radius 2 is 2.13 bits per heavy atom. The number of amides is 2. The molecule has 0 spiro atoms. The number of carbonyl (C=O) groups is 4. The lowest BCUT2D eigenvalue weighted by Gasteiger charge is -2.48. The van der Waals surface area contributed by atoms with Crippen LogP contribution >= 0.6 is 23.1 Å². The maximum absolute atomic E-state index is 12.7. The van der Waals surface area contributed by atoms with Crippen molar-refractivity contribution >= 4 is 57.7 Å². The topological polar surface area (TPSA) is 163 Å². The van der Waals surface area contributed by atoms with Gasteiger partial charge in [-0.15, -0.1) is 23.1 Å². The molecular formula is C17H19N5O7S2.